The van der Waals surface area contributed by atoms with E-state index in [-0.39, 0.29) is 31.1 Å². The molecule has 0 aliphatic carbocycles. The Hall–Kier alpha value is -2.63. The molecule has 0 saturated heterocycles. The largest absolute Gasteiger partial charge is 0.462 e. The molecule has 60 heavy (non-hydrogen) atoms. The molecule has 0 amide bonds. The molecular formula is C54H96O6. The van der Waals surface area contributed by atoms with Crippen LogP contribution >= 0.6 is 0 Å². The van der Waals surface area contributed by atoms with Crippen LogP contribution in [0.3, 0.4) is 0 Å². The zero-order chi connectivity index (χ0) is 43.7. The summed E-state index contributed by atoms with van der Waals surface area (Å²) < 4.78 is 16.7. The van der Waals surface area contributed by atoms with Gasteiger partial charge in [-0.1, -0.05) is 230 Å². The average Bonchev–Trinajstić information content (AvgIpc) is 3.24. The Morgan fingerprint density at radius 1 is 0.350 bits per heavy atom. The van der Waals surface area contributed by atoms with Gasteiger partial charge in [0.15, 0.2) is 6.10 Å². The molecule has 0 bridgehead atoms. The summed E-state index contributed by atoms with van der Waals surface area (Å²) in [6, 6.07) is 0. The Morgan fingerprint density at radius 2 is 0.650 bits per heavy atom. The lowest BCUT2D eigenvalue weighted by atomic mass is 10.0. The summed E-state index contributed by atoms with van der Waals surface area (Å²) in [5.74, 6) is -0.883. The summed E-state index contributed by atoms with van der Waals surface area (Å²) in [6.45, 7) is 6.48. The van der Waals surface area contributed by atoms with Crippen molar-refractivity contribution in [2.75, 3.05) is 13.2 Å². The summed E-state index contributed by atoms with van der Waals surface area (Å²) in [7, 11) is 0. The van der Waals surface area contributed by atoms with Gasteiger partial charge >= 0.3 is 17.9 Å². The van der Waals surface area contributed by atoms with Crippen LogP contribution in [0.25, 0.3) is 0 Å². The van der Waals surface area contributed by atoms with Gasteiger partial charge in [-0.3, -0.25) is 14.4 Å². The van der Waals surface area contributed by atoms with Crippen molar-refractivity contribution in [2.45, 2.75) is 264 Å². The lowest BCUT2D eigenvalue weighted by Crippen LogP contribution is -2.30. The van der Waals surface area contributed by atoms with Gasteiger partial charge < -0.3 is 14.2 Å². The summed E-state index contributed by atoms with van der Waals surface area (Å²) in [6.07, 6.45) is 58.3. The van der Waals surface area contributed by atoms with E-state index in [1.807, 2.05) is 0 Å². The van der Waals surface area contributed by atoms with Crippen LogP contribution in [0.4, 0.5) is 0 Å². The van der Waals surface area contributed by atoms with Crippen LogP contribution < -0.4 is 0 Å². The van der Waals surface area contributed by atoms with Gasteiger partial charge in [-0.25, -0.2) is 0 Å². The lowest BCUT2D eigenvalue weighted by Gasteiger charge is -2.18. The number of carbonyl (C=O) groups is 3. The average molecular weight is 841 g/mol. The molecule has 348 valence electrons. The molecule has 1 unspecified atom stereocenters. The maximum atomic E-state index is 12.7. The second-order valence-corrected chi connectivity index (χ2v) is 17.1. The van der Waals surface area contributed by atoms with Gasteiger partial charge in [0, 0.05) is 19.3 Å². The van der Waals surface area contributed by atoms with Crippen LogP contribution in [0.5, 0.6) is 0 Å². The molecule has 0 aromatic rings. The second-order valence-electron chi connectivity index (χ2n) is 17.1. The summed E-state index contributed by atoms with van der Waals surface area (Å²) in [5.41, 5.74) is 0. The fraction of sp³-hybridized carbons (Fsp3) is 0.796. The van der Waals surface area contributed by atoms with Crippen LogP contribution in [-0.4, -0.2) is 37.2 Å². The van der Waals surface area contributed by atoms with Crippen molar-refractivity contribution in [3.05, 3.63) is 48.6 Å². The highest BCUT2D eigenvalue weighted by Crippen LogP contribution is 2.16. The Balaban J connectivity index is 4.19. The first-order chi connectivity index (χ1) is 29.5. The molecule has 0 radical (unpaired) electrons. The second kappa shape index (κ2) is 49.0. The summed E-state index contributed by atoms with van der Waals surface area (Å²) >= 11 is 0. The van der Waals surface area contributed by atoms with Crippen LogP contribution in [0.15, 0.2) is 48.6 Å². The minimum absolute atomic E-state index is 0.0734. The predicted molar refractivity (Wildman–Crippen MR) is 256 cm³/mol. The zero-order valence-electron chi connectivity index (χ0n) is 39.7. The third kappa shape index (κ3) is 46.4. The predicted octanol–water partition coefficient (Wildman–Crippen LogP) is 16.7. The number of rotatable bonds is 46. The van der Waals surface area contributed by atoms with Crippen molar-refractivity contribution < 1.29 is 28.6 Å². The number of esters is 3. The molecule has 0 rings (SSSR count). The monoisotopic (exact) mass is 841 g/mol. The maximum Gasteiger partial charge on any atom is 0.306 e. The zero-order valence-corrected chi connectivity index (χ0v) is 39.7. The standard InChI is InChI=1S/C54H96O6/c1-4-7-10-13-16-18-20-22-24-25-26-27-28-29-31-32-34-36-38-41-44-47-53(56)59-50-51(49-58-52(55)46-43-40-15-12-9-6-3)60-54(57)48-45-42-39-37-35-33-30-23-21-19-17-14-11-8-5-2/h7,10,16,18,22,24,26-27,51H,4-6,8-9,11-15,17,19-21,23,25,28-50H2,1-3H3/b10-7-,18-16-,24-22-,27-26-. The van der Waals surface area contributed by atoms with Gasteiger partial charge in [-0.15, -0.1) is 0 Å². The molecule has 1 atom stereocenters. The molecule has 0 heterocycles. The summed E-state index contributed by atoms with van der Waals surface area (Å²) in [5, 5.41) is 0. The number of carbonyl (C=O) groups excluding carboxylic acids is 3. The highest BCUT2D eigenvalue weighted by Gasteiger charge is 2.19. The molecule has 0 saturated carbocycles. The van der Waals surface area contributed by atoms with E-state index in [2.05, 4.69) is 69.4 Å². The Bertz CT molecular complexity index is 1060. The van der Waals surface area contributed by atoms with Crippen molar-refractivity contribution in [3.8, 4) is 0 Å². The quantitative estimate of drug-likeness (QED) is 0.0263. The van der Waals surface area contributed by atoms with Crippen molar-refractivity contribution in [3.63, 3.8) is 0 Å². The molecule has 0 spiro atoms. The van der Waals surface area contributed by atoms with Crippen LogP contribution in [0, 0.1) is 0 Å². The van der Waals surface area contributed by atoms with Crippen molar-refractivity contribution in [1.29, 1.82) is 0 Å². The van der Waals surface area contributed by atoms with Gasteiger partial charge in [-0.2, -0.15) is 0 Å². The van der Waals surface area contributed by atoms with E-state index in [1.54, 1.807) is 0 Å². The first-order valence-electron chi connectivity index (χ1n) is 25.6. The molecule has 0 fully saturated rings. The topological polar surface area (TPSA) is 78.9 Å². The van der Waals surface area contributed by atoms with Gasteiger partial charge in [0.05, 0.1) is 0 Å². The highest BCUT2D eigenvalue weighted by molar-refractivity contribution is 5.71. The van der Waals surface area contributed by atoms with Crippen LogP contribution in [0.1, 0.15) is 258 Å². The minimum atomic E-state index is -0.769. The molecule has 6 heteroatoms. The van der Waals surface area contributed by atoms with E-state index in [1.165, 1.54) is 128 Å². The van der Waals surface area contributed by atoms with Crippen molar-refractivity contribution in [1.82, 2.24) is 0 Å². The number of ether oxygens (including phenoxy) is 3. The first-order valence-corrected chi connectivity index (χ1v) is 25.6. The Morgan fingerprint density at radius 3 is 1.02 bits per heavy atom. The fourth-order valence-corrected chi connectivity index (χ4v) is 7.26. The number of hydrogen-bond donors (Lipinski definition) is 0. The van der Waals surface area contributed by atoms with E-state index < -0.39 is 6.10 Å². The van der Waals surface area contributed by atoms with Gasteiger partial charge in [-0.05, 0) is 57.8 Å². The smallest absolute Gasteiger partial charge is 0.306 e. The normalized spacial score (nSPS) is 12.4. The third-order valence-electron chi connectivity index (χ3n) is 11.1. The van der Waals surface area contributed by atoms with E-state index in [0.29, 0.717) is 19.3 Å². The number of hydrogen-bond acceptors (Lipinski definition) is 6. The maximum absolute atomic E-state index is 12.7. The highest BCUT2D eigenvalue weighted by atomic mass is 16.6. The van der Waals surface area contributed by atoms with Crippen molar-refractivity contribution >= 4 is 17.9 Å². The number of allylic oxidation sites excluding steroid dienone is 8. The van der Waals surface area contributed by atoms with E-state index >= 15 is 0 Å². The SMILES string of the molecule is CC/C=C\C/C=C\C/C=C\C/C=C\CCCCCCCCCCC(=O)OCC(COC(=O)CCCCCCCC)OC(=O)CCCCCCCCCCCCCCCCC. The van der Waals surface area contributed by atoms with Crippen molar-refractivity contribution in [2.24, 2.45) is 0 Å². The molecule has 0 aromatic carbocycles. The first kappa shape index (κ1) is 57.4. The molecule has 0 aliphatic heterocycles. The van der Waals surface area contributed by atoms with Gasteiger partial charge in [0.2, 0.25) is 0 Å². The Labute approximate surface area is 371 Å². The van der Waals surface area contributed by atoms with E-state index in [4.69, 9.17) is 14.2 Å². The molecule has 6 nitrogen and oxygen atoms in total. The minimum Gasteiger partial charge on any atom is -0.462 e. The lowest BCUT2D eigenvalue weighted by molar-refractivity contribution is -0.167. The molecule has 0 aliphatic rings. The third-order valence-corrected chi connectivity index (χ3v) is 11.1. The molecule has 0 aromatic heterocycles. The summed E-state index contributed by atoms with van der Waals surface area (Å²) in [4.78, 5) is 37.7. The van der Waals surface area contributed by atoms with Gasteiger partial charge in [0.1, 0.15) is 13.2 Å². The number of unbranched alkanes of at least 4 members (excludes halogenated alkanes) is 27. The van der Waals surface area contributed by atoms with E-state index in [9.17, 15) is 14.4 Å². The van der Waals surface area contributed by atoms with Crippen LogP contribution in [0.2, 0.25) is 0 Å². The molecular weight excluding hydrogens is 745 g/mol. The molecule has 0 N–H and O–H groups in total. The van der Waals surface area contributed by atoms with Gasteiger partial charge in [0.25, 0.3) is 0 Å². The van der Waals surface area contributed by atoms with E-state index in [0.717, 1.165) is 89.9 Å². The Kier molecular flexibility index (Phi) is 46.9. The van der Waals surface area contributed by atoms with Crippen LogP contribution in [-0.2, 0) is 28.6 Å². The fourth-order valence-electron chi connectivity index (χ4n) is 7.26.